The molecule has 110 valence electrons. The van der Waals surface area contributed by atoms with Gasteiger partial charge in [-0.15, -0.1) is 0 Å². The molecule has 0 radical (unpaired) electrons. The van der Waals surface area contributed by atoms with Gasteiger partial charge >= 0.3 is 6.03 Å². The molecule has 0 spiro atoms. The minimum Gasteiger partial charge on any atom is -0.493 e. The quantitative estimate of drug-likeness (QED) is 0.829. The van der Waals surface area contributed by atoms with Gasteiger partial charge in [0.25, 0.3) is 0 Å². The number of amides is 2. The first kappa shape index (κ1) is 14.6. The summed E-state index contributed by atoms with van der Waals surface area (Å²) in [5, 5.41) is 5.21. The Balaban J connectivity index is 1.82. The zero-order chi connectivity index (χ0) is 15.1. The Bertz CT molecular complexity index is 617. The molecule has 2 amide bonds. The zero-order valence-electron chi connectivity index (χ0n) is 11.9. The Labute approximate surface area is 123 Å². The van der Waals surface area contributed by atoms with Crippen LogP contribution in [-0.4, -0.2) is 24.9 Å². The van der Waals surface area contributed by atoms with Crippen LogP contribution in [0.5, 0.6) is 11.5 Å². The summed E-state index contributed by atoms with van der Waals surface area (Å²) in [6.07, 6.45) is 0. The largest absolute Gasteiger partial charge is 0.493 e. The smallest absolute Gasteiger partial charge is 0.323 e. The lowest BCUT2D eigenvalue weighted by Crippen LogP contribution is -2.32. The minimum atomic E-state index is -0.386. The molecule has 6 heteroatoms. The van der Waals surface area contributed by atoms with Crippen molar-refractivity contribution < 1.29 is 14.3 Å². The first-order chi connectivity index (χ1) is 10.2. The summed E-state index contributed by atoms with van der Waals surface area (Å²) in [6, 6.07) is 12.2. The van der Waals surface area contributed by atoms with Crippen LogP contribution in [0.15, 0.2) is 42.5 Å². The van der Waals surface area contributed by atoms with Crippen molar-refractivity contribution in [2.24, 2.45) is 0 Å². The molecule has 21 heavy (non-hydrogen) atoms. The number of carbonyl (C=O) groups is 1. The van der Waals surface area contributed by atoms with Gasteiger partial charge in [-0.3, -0.25) is 5.32 Å². The van der Waals surface area contributed by atoms with Gasteiger partial charge in [-0.25, -0.2) is 9.78 Å². The molecule has 2 aromatic rings. The van der Waals surface area contributed by atoms with Crippen LogP contribution in [0, 0.1) is 6.92 Å². The molecule has 0 unspecified atom stereocenters. The van der Waals surface area contributed by atoms with E-state index in [0.717, 1.165) is 5.69 Å². The molecule has 0 atom stereocenters. The second-order valence-corrected chi connectivity index (χ2v) is 4.23. The Hall–Kier alpha value is -2.76. The number of para-hydroxylation sites is 2. The first-order valence-electron chi connectivity index (χ1n) is 6.43. The highest BCUT2D eigenvalue weighted by atomic mass is 16.5. The molecular weight excluding hydrogens is 270 g/mol. The van der Waals surface area contributed by atoms with Crippen molar-refractivity contribution in [1.82, 2.24) is 10.3 Å². The maximum atomic E-state index is 11.7. The fourth-order valence-electron chi connectivity index (χ4n) is 1.69. The van der Waals surface area contributed by atoms with Crippen LogP contribution in [0.2, 0.25) is 0 Å². The van der Waals surface area contributed by atoms with Crippen LogP contribution in [0.25, 0.3) is 0 Å². The van der Waals surface area contributed by atoms with Gasteiger partial charge in [0.05, 0.1) is 7.11 Å². The molecule has 6 nitrogen and oxygen atoms in total. The van der Waals surface area contributed by atoms with Crippen molar-refractivity contribution in [3.63, 3.8) is 0 Å². The van der Waals surface area contributed by atoms with Gasteiger partial charge in [-0.05, 0) is 31.2 Å². The third-order valence-electron chi connectivity index (χ3n) is 2.66. The summed E-state index contributed by atoms with van der Waals surface area (Å²) in [5.41, 5.74) is 0.832. The Morgan fingerprint density at radius 2 is 1.90 bits per heavy atom. The van der Waals surface area contributed by atoms with Gasteiger partial charge in [0.1, 0.15) is 5.82 Å². The van der Waals surface area contributed by atoms with Crippen LogP contribution in [0.4, 0.5) is 10.6 Å². The van der Waals surface area contributed by atoms with Crippen molar-refractivity contribution >= 4 is 11.8 Å². The van der Waals surface area contributed by atoms with Crippen molar-refractivity contribution in [3.05, 3.63) is 48.2 Å². The van der Waals surface area contributed by atoms with E-state index in [1.165, 1.54) is 0 Å². The summed E-state index contributed by atoms with van der Waals surface area (Å²) in [5.74, 6) is 1.67. The number of ether oxygens (including phenoxy) is 2. The van der Waals surface area contributed by atoms with Gasteiger partial charge in [-0.1, -0.05) is 18.2 Å². The lowest BCUT2D eigenvalue weighted by molar-refractivity contribution is 0.231. The summed E-state index contributed by atoms with van der Waals surface area (Å²) in [4.78, 5) is 15.9. The van der Waals surface area contributed by atoms with Crippen molar-refractivity contribution in [3.8, 4) is 11.5 Å². The van der Waals surface area contributed by atoms with E-state index in [1.54, 1.807) is 25.3 Å². The fourth-order valence-corrected chi connectivity index (χ4v) is 1.69. The molecule has 0 saturated heterocycles. The molecule has 0 aliphatic rings. The molecule has 1 heterocycles. The average Bonchev–Trinajstić information content (AvgIpc) is 2.47. The summed E-state index contributed by atoms with van der Waals surface area (Å²) < 4.78 is 10.6. The predicted octanol–water partition coefficient (Wildman–Crippen LogP) is 2.56. The third-order valence-corrected chi connectivity index (χ3v) is 2.66. The molecule has 1 aromatic carbocycles. The number of aromatic nitrogens is 1. The molecule has 0 bridgehead atoms. The number of benzene rings is 1. The number of rotatable bonds is 5. The Morgan fingerprint density at radius 3 is 2.62 bits per heavy atom. The predicted molar refractivity (Wildman–Crippen MR) is 79.6 cm³/mol. The lowest BCUT2D eigenvalue weighted by atomic mass is 10.3. The monoisotopic (exact) mass is 287 g/mol. The van der Waals surface area contributed by atoms with Crippen LogP contribution in [0.1, 0.15) is 5.69 Å². The summed E-state index contributed by atoms with van der Waals surface area (Å²) in [6.45, 7) is 1.88. The zero-order valence-corrected chi connectivity index (χ0v) is 11.9. The SMILES string of the molecule is COc1ccccc1OCNC(=O)Nc1cccc(C)n1. The lowest BCUT2D eigenvalue weighted by Gasteiger charge is -2.11. The number of hydrogen-bond acceptors (Lipinski definition) is 4. The summed E-state index contributed by atoms with van der Waals surface area (Å²) in [7, 11) is 1.56. The number of pyridine rings is 1. The van der Waals surface area contributed by atoms with Crippen molar-refractivity contribution in [1.29, 1.82) is 0 Å². The van der Waals surface area contributed by atoms with E-state index in [4.69, 9.17) is 9.47 Å². The van der Waals surface area contributed by atoms with Gasteiger partial charge in [-0.2, -0.15) is 0 Å². The summed E-state index contributed by atoms with van der Waals surface area (Å²) >= 11 is 0. The van der Waals surface area contributed by atoms with Gasteiger partial charge in [0.15, 0.2) is 18.2 Å². The molecule has 1 aromatic heterocycles. The van der Waals surface area contributed by atoms with E-state index in [0.29, 0.717) is 17.3 Å². The van der Waals surface area contributed by atoms with Crippen LogP contribution < -0.4 is 20.1 Å². The van der Waals surface area contributed by atoms with E-state index in [2.05, 4.69) is 15.6 Å². The number of nitrogens with one attached hydrogen (secondary N) is 2. The highest BCUT2D eigenvalue weighted by molar-refractivity contribution is 5.88. The molecule has 2 rings (SSSR count). The second-order valence-electron chi connectivity index (χ2n) is 4.23. The second kappa shape index (κ2) is 7.14. The van der Waals surface area contributed by atoms with Crippen LogP contribution in [0.3, 0.4) is 0 Å². The molecule has 0 fully saturated rings. The highest BCUT2D eigenvalue weighted by Gasteiger charge is 2.05. The molecule has 0 saturated carbocycles. The van der Waals surface area contributed by atoms with Crippen molar-refractivity contribution in [2.75, 3.05) is 19.2 Å². The molecular formula is C15H17N3O3. The standard InChI is InChI=1S/C15H17N3O3/c1-11-6-5-9-14(17-11)18-15(19)16-10-21-13-8-4-3-7-12(13)20-2/h3-9H,10H2,1-2H3,(H2,16,17,18,19). The van der Waals surface area contributed by atoms with E-state index >= 15 is 0 Å². The normalized spacial score (nSPS) is 9.81. The van der Waals surface area contributed by atoms with Gasteiger partial charge in [0, 0.05) is 5.69 Å². The van der Waals surface area contributed by atoms with Crippen LogP contribution in [-0.2, 0) is 0 Å². The minimum absolute atomic E-state index is 0.0258. The average molecular weight is 287 g/mol. The fraction of sp³-hybridized carbons (Fsp3) is 0.200. The number of urea groups is 1. The van der Waals surface area contributed by atoms with Gasteiger partial charge < -0.3 is 14.8 Å². The van der Waals surface area contributed by atoms with E-state index in [1.807, 2.05) is 31.2 Å². The number of carbonyl (C=O) groups excluding carboxylic acids is 1. The Morgan fingerprint density at radius 1 is 1.14 bits per heavy atom. The van der Waals surface area contributed by atoms with Gasteiger partial charge in [0.2, 0.25) is 0 Å². The molecule has 0 aliphatic carbocycles. The third kappa shape index (κ3) is 4.38. The van der Waals surface area contributed by atoms with E-state index in [-0.39, 0.29) is 12.8 Å². The number of hydrogen-bond donors (Lipinski definition) is 2. The Kier molecular flexibility index (Phi) is 4.98. The molecule has 2 N–H and O–H groups in total. The number of anilines is 1. The number of methoxy groups -OCH3 is 1. The van der Waals surface area contributed by atoms with Crippen LogP contribution >= 0.6 is 0 Å². The topological polar surface area (TPSA) is 72.5 Å². The highest BCUT2D eigenvalue weighted by Crippen LogP contribution is 2.25. The maximum Gasteiger partial charge on any atom is 0.323 e. The maximum absolute atomic E-state index is 11.7. The number of aryl methyl sites for hydroxylation is 1. The van der Waals surface area contributed by atoms with E-state index < -0.39 is 0 Å². The van der Waals surface area contributed by atoms with Crippen molar-refractivity contribution in [2.45, 2.75) is 6.92 Å². The molecule has 0 aliphatic heterocycles. The van der Waals surface area contributed by atoms with E-state index in [9.17, 15) is 4.79 Å². The number of nitrogens with zero attached hydrogens (tertiary/aromatic N) is 1. The first-order valence-corrected chi connectivity index (χ1v) is 6.43.